The fourth-order valence-electron chi connectivity index (χ4n) is 2.14. The van der Waals surface area contributed by atoms with Crippen LogP contribution in [0.25, 0.3) is 5.69 Å². The number of hydrogen-bond acceptors (Lipinski definition) is 4. The second kappa shape index (κ2) is 5.54. The van der Waals surface area contributed by atoms with Gasteiger partial charge in [-0.25, -0.2) is 0 Å². The average Bonchev–Trinajstić information content (AvgIpc) is 2.49. The van der Waals surface area contributed by atoms with Gasteiger partial charge < -0.3 is 4.57 Å². The van der Waals surface area contributed by atoms with Gasteiger partial charge in [-0.05, 0) is 24.6 Å². The molecule has 5 heteroatoms. The molecule has 0 saturated heterocycles. The molecular weight excluding hydrogens is 270 g/mol. The van der Waals surface area contributed by atoms with Crippen LogP contribution in [0.5, 0.6) is 0 Å². The maximum Gasteiger partial charge on any atom is 0.181 e. The molecule has 2 heterocycles. The van der Waals surface area contributed by atoms with Gasteiger partial charge in [-0.2, -0.15) is 5.10 Å². The minimum absolute atomic E-state index is 0.0198. The average molecular weight is 285 g/mol. The minimum atomic E-state index is 0.0198. The first-order chi connectivity index (χ1) is 9.74. The molecule has 1 aromatic carbocycles. The summed E-state index contributed by atoms with van der Waals surface area (Å²) in [5, 5.41) is 4.79. The van der Waals surface area contributed by atoms with Crippen molar-refractivity contribution < 1.29 is 0 Å². The number of pyridine rings is 1. The minimum Gasteiger partial charge on any atom is -0.324 e. The highest BCUT2D eigenvalue weighted by Gasteiger charge is 2.16. The van der Waals surface area contributed by atoms with Gasteiger partial charge in [0.1, 0.15) is 0 Å². The molecule has 1 aliphatic heterocycles. The smallest absolute Gasteiger partial charge is 0.181 e. The number of hydrogen-bond donors (Lipinski definition) is 1. The second-order valence-corrected chi connectivity index (χ2v) is 5.93. The van der Waals surface area contributed by atoms with E-state index < -0.39 is 0 Å². The van der Waals surface area contributed by atoms with Crippen LogP contribution < -0.4 is 10.9 Å². The summed E-state index contributed by atoms with van der Waals surface area (Å²) in [7, 11) is 0. The summed E-state index contributed by atoms with van der Waals surface area (Å²) < 4.78 is 1.92. The van der Waals surface area contributed by atoms with Crippen LogP contribution in [0, 0.1) is 0 Å². The van der Waals surface area contributed by atoms with Crippen LogP contribution in [0.2, 0.25) is 0 Å². The van der Waals surface area contributed by atoms with Crippen LogP contribution >= 0.6 is 11.8 Å². The third-order valence-corrected chi connectivity index (χ3v) is 4.26. The molecule has 0 amide bonds. The Morgan fingerprint density at radius 2 is 1.90 bits per heavy atom. The lowest BCUT2D eigenvalue weighted by molar-refractivity contribution is 0.851. The molecule has 0 fully saturated rings. The Kier molecular flexibility index (Phi) is 3.60. The molecule has 0 saturated carbocycles. The van der Waals surface area contributed by atoms with Gasteiger partial charge >= 0.3 is 0 Å². The predicted octanol–water partition coefficient (Wildman–Crippen LogP) is 2.22. The maximum atomic E-state index is 11.1. The molecule has 0 spiro atoms. The van der Waals surface area contributed by atoms with E-state index >= 15 is 0 Å². The normalized spacial score (nSPS) is 18.2. The zero-order valence-electron chi connectivity index (χ0n) is 11.1. The Morgan fingerprint density at radius 1 is 1.20 bits per heavy atom. The monoisotopic (exact) mass is 285 g/mol. The molecule has 1 N–H and O–H groups in total. The third kappa shape index (κ3) is 2.63. The molecule has 2 aromatic rings. The zero-order chi connectivity index (χ0) is 13.9. The van der Waals surface area contributed by atoms with Crippen LogP contribution in [0.4, 0.5) is 0 Å². The number of aromatic nitrogens is 1. The fourth-order valence-corrected chi connectivity index (χ4v) is 2.87. The molecule has 102 valence electrons. The number of rotatable bonds is 2. The first-order valence-electron chi connectivity index (χ1n) is 6.45. The highest BCUT2D eigenvalue weighted by molar-refractivity contribution is 8.00. The second-order valence-electron chi connectivity index (χ2n) is 4.60. The van der Waals surface area contributed by atoms with Crippen molar-refractivity contribution in [2.24, 2.45) is 5.10 Å². The van der Waals surface area contributed by atoms with Crippen molar-refractivity contribution in [2.75, 3.05) is 5.88 Å². The lowest BCUT2D eigenvalue weighted by Gasteiger charge is -2.20. The van der Waals surface area contributed by atoms with Gasteiger partial charge in [0.05, 0.1) is 11.6 Å². The van der Waals surface area contributed by atoms with Crippen molar-refractivity contribution >= 4 is 17.5 Å². The van der Waals surface area contributed by atoms with E-state index in [1.165, 1.54) is 0 Å². The summed E-state index contributed by atoms with van der Waals surface area (Å²) >= 11 is 1.84. The SMILES string of the molecule is CC1SCNN=C1c1ccc(-n2ccc(=O)cc2)cc1. The van der Waals surface area contributed by atoms with Crippen LogP contribution in [-0.2, 0) is 0 Å². The molecule has 0 aliphatic carbocycles. The molecule has 1 aromatic heterocycles. The van der Waals surface area contributed by atoms with Gasteiger partial charge in [0.15, 0.2) is 5.43 Å². The summed E-state index contributed by atoms with van der Waals surface area (Å²) in [6.45, 7) is 2.17. The van der Waals surface area contributed by atoms with E-state index in [9.17, 15) is 4.79 Å². The zero-order valence-corrected chi connectivity index (χ0v) is 11.9. The first-order valence-corrected chi connectivity index (χ1v) is 7.50. The number of nitrogens with zero attached hydrogens (tertiary/aromatic N) is 2. The van der Waals surface area contributed by atoms with Crippen molar-refractivity contribution in [3.8, 4) is 5.69 Å². The highest BCUT2D eigenvalue weighted by Crippen LogP contribution is 2.20. The number of thioether (sulfide) groups is 1. The van der Waals surface area contributed by atoms with Crippen LogP contribution in [0.15, 0.2) is 58.7 Å². The molecule has 0 bridgehead atoms. The third-order valence-electron chi connectivity index (χ3n) is 3.24. The molecule has 0 radical (unpaired) electrons. The van der Waals surface area contributed by atoms with E-state index in [0.29, 0.717) is 5.25 Å². The number of nitrogens with one attached hydrogen (secondary N) is 1. The first kappa shape index (κ1) is 13.0. The lowest BCUT2D eigenvalue weighted by Crippen LogP contribution is -2.26. The Morgan fingerprint density at radius 3 is 2.55 bits per heavy atom. The number of benzene rings is 1. The van der Waals surface area contributed by atoms with E-state index in [2.05, 4.69) is 29.6 Å². The molecule has 1 atom stereocenters. The van der Waals surface area contributed by atoms with Crippen molar-refractivity contribution in [1.29, 1.82) is 0 Å². The van der Waals surface area contributed by atoms with Crippen molar-refractivity contribution in [2.45, 2.75) is 12.2 Å². The molecule has 4 nitrogen and oxygen atoms in total. The van der Waals surface area contributed by atoms with Gasteiger partial charge in [-0.3, -0.25) is 10.2 Å². The van der Waals surface area contributed by atoms with E-state index in [1.807, 2.05) is 28.5 Å². The molecule has 1 aliphatic rings. The molecular formula is C15H15N3OS. The van der Waals surface area contributed by atoms with Crippen molar-refractivity contribution in [3.63, 3.8) is 0 Å². The Balaban J connectivity index is 1.89. The topological polar surface area (TPSA) is 46.4 Å². The molecule has 20 heavy (non-hydrogen) atoms. The summed E-state index contributed by atoms with van der Waals surface area (Å²) in [4.78, 5) is 11.1. The highest BCUT2D eigenvalue weighted by atomic mass is 32.2. The van der Waals surface area contributed by atoms with Gasteiger partial charge in [0, 0.05) is 35.5 Å². The van der Waals surface area contributed by atoms with Crippen molar-refractivity contribution in [1.82, 2.24) is 9.99 Å². The summed E-state index contributed by atoms with van der Waals surface area (Å²) in [6.07, 6.45) is 3.55. The standard InChI is InChI=1S/C15H15N3OS/c1-11-15(17-16-10-20-11)12-2-4-13(5-3-12)18-8-6-14(19)7-9-18/h2-9,11,16H,10H2,1H3. The quantitative estimate of drug-likeness (QED) is 0.920. The predicted molar refractivity (Wildman–Crippen MR) is 83.6 cm³/mol. The van der Waals surface area contributed by atoms with Crippen LogP contribution in [0.1, 0.15) is 12.5 Å². The van der Waals surface area contributed by atoms with Gasteiger partial charge in [-0.1, -0.05) is 12.1 Å². The Hall–Kier alpha value is -2.01. The van der Waals surface area contributed by atoms with Crippen LogP contribution in [0.3, 0.4) is 0 Å². The van der Waals surface area contributed by atoms with E-state index in [0.717, 1.165) is 22.8 Å². The van der Waals surface area contributed by atoms with Gasteiger partial charge in [-0.15, -0.1) is 11.8 Å². The Labute approximate surface area is 121 Å². The van der Waals surface area contributed by atoms with E-state index in [-0.39, 0.29) is 5.43 Å². The maximum absolute atomic E-state index is 11.1. The summed E-state index contributed by atoms with van der Waals surface area (Å²) in [5.74, 6) is 0.861. The fraction of sp³-hybridized carbons (Fsp3) is 0.200. The molecule has 3 rings (SSSR count). The largest absolute Gasteiger partial charge is 0.324 e. The molecule has 1 unspecified atom stereocenters. The lowest BCUT2D eigenvalue weighted by atomic mass is 10.1. The van der Waals surface area contributed by atoms with Crippen molar-refractivity contribution in [3.05, 3.63) is 64.6 Å². The van der Waals surface area contributed by atoms with Gasteiger partial charge in [0.2, 0.25) is 0 Å². The Bertz CT molecular complexity index is 671. The number of hydrazone groups is 1. The summed E-state index contributed by atoms with van der Waals surface area (Å²) in [5.41, 5.74) is 6.28. The van der Waals surface area contributed by atoms with Crippen LogP contribution in [-0.4, -0.2) is 21.4 Å². The van der Waals surface area contributed by atoms with Gasteiger partial charge in [0.25, 0.3) is 0 Å². The summed E-state index contributed by atoms with van der Waals surface area (Å²) in [6, 6.07) is 11.3. The van der Waals surface area contributed by atoms with E-state index in [4.69, 9.17) is 0 Å². The van der Waals surface area contributed by atoms with E-state index in [1.54, 1.807) is 24.5 Å².